The summed E-state index contributed by atoms with van der Waals surface area (Å²) in [5.41, 5.74) is 2.41. The maximum absolute atomic E-state index is 9.95. The van der Waals surface area contributed by atoms with Gasteiger partial charge in [-0.1, -0.05) is 12.1 Å². The number of halogens is 1. The van der Waals surface area contributed by atoms with E-state index in [-0.39, 0.29) is 6.61 Å². The quantitative estimate of drug-likeness (QED) is 0.491. The maximum Gasteiger partial charge on any atom is 0.167 e. The molecule has 1 unspecified atom stereocenters. The van der Waals surface area contributed by atoms with Crippen LogP contribution in [0.4, 0.5) is 5.82 Å². The molecule has 0 radical (unpaired) electrons. The monoisotopic (exact) mass is 467 g/mol. The number of benzene rings is 1. The molecule has 1 saturated heterocycles. The van der Waals surface area contributed by atoms with E-state index in [4.69, 9.17) is 4.74 Å². The van der Waals surface area contributed by atoms with Gasteiger partial charge in [0.05, 0.1) is 19.0 Å². The average molecular weight is 467 g/mol. The van der Waals surface area contributed by atoms with Crippen molar-refractivity contribution >= 4 is 39.6 Å². The molecule has 1 aliphatic rings. The molecule has 0 spiro atoms. The Bertz CT molecular complexity index is 901. The summed E-state index contributed by atoms with van der Waals surface area (Å²) in [6.45, 7) is 0.406. The third kappa shape index (κ3) is 3.39. The number of aliphatic hydroxyl groups excluding tert-OH is 2. The van der Waals surface area contributed by atoms with Crippen LogP contribution in [0, 0.1) is 3.57 Å². The molecule has 3 atom stereocenters. The van der Waals surface area contributed by atoms with Crippen molar-refractivity contribution in [1.82, 2.24) is 19.5 Å². The molecule has 1 fully saturated rings. The molecule has 26 heavy (non-hydrogen) atoms. The number of aromatic nitrogens is 4. The van der Waals surface area contributed by atoms with E-state index in [9.17, 15) is 10.2 Å². The van der Waals surface area contributed by atoms with Crippen molar-refractivity contribution in [1.29, 1.82) is 0 Å². The first-order valence-electron chi connectivity index (χ1n) is 8.26. The Kier molecular flexibility index (Phi) is 5.02. The molecule has 0 amide bonds. The zero-order valence-corrected chi connectivity index (χ0v) is 15.9. The van der Waals surface area contributed by atoms with Crippen molar-refractivity contribution in [2.75, 3.05) is 11.9 Å². The highest BCUT2D eigenvalue weighted by molar-refractivity contribution is 14.1. The molecule has 9 heteroatoms. The fraction of sp³-hybridized carbons (Fsp3) is 0.353. The van der Waals surface area contributed by atoms with Crippen LogP contribution in [0.15, 0.2) is 36.9 Å². The van der Waals surface area contributed by atoms with E-state index in [1.54, 1.807) is 10.9 Å². The van der Waals surface area contributed by atoms with Gasteiger partial charge in [0, 0.05) is 16.5 Å². The summed E-state index contributed by atoms with van der Waals surface area (Å²) in [6.07, 6.45) is 1.79. The maximum atomic E-state index is 9.95. The molecular weight excluding hydrogens is 449 g/mol. The number of nitrogens with zero attached hydrogens (tertiary/aromatic N) is 4. The minimum atomic E-state index is -0.706. The summed E-state index contributed by atoms with van der Waals surface area (Å²) < 4.78 is 8.66. The van der Waals surface area contributed by atoms with E-state index in [0.717, 1.165) is 5.56 Å². The lowest BCUT2D eigenvalue weighted by molar-refractivity contribution is -0.0432. The van der Waals surface area contributed by atoms with Gasteiger partial charge in [-0.15, -0.1) is 0 Å². The molecule has 3 N–H and O–H groups in total. The summed E-state index contributed by atoms with van der Waals surface area (Å²) in [5.74, 6) is 0.643. The highest BCUT2D eigenvalue weighted by Gasteiger charge is 2.35. The van der Waals surface area contributed by atoms with Gasteiger partial charge >= 0.3 is 0 Å². The van der Waals surface area contributed by atoms with Crippen LogP contribution in [0.25, 0.3) is 11.2 Å². The van der Waals surface area contributed by atoms with Crippen LogP contribution >= 0.6 is 22.6 Å². The Morgan fingerprint density at radius 1 is 1.23 bits per heavy atom. The van der Waals surface area contributed by atoms with Crippen LogP contribution in [-0.2, 0) is 11.3 Å². The predicted octanol–water partition coefficient (Wildman–Crippen LogP) is 1.68. The SMILES string of the molecule is OC[C@H]1OC(n2cnc3c(NCc4ccc(I)cc4)ncnc32)C[C@@H]1O. The van der Waals surface area contributed by atoms with Crippen LogP contribution in [0.1, 0.15) is 18.2 Å². The minimum Gasteiger partial charge on any atom is -0.394 e. The van der Waals surface area contributed by atoms with E-state index in [1.807, 2.05) is 0 Å². The van der Waals surface area contributed by atoms with Gasteiger partial charge in [-0.2, -0.15) is 0 Å². The van der Waals surface area contributed by atoms with Gasteiger partial charge in [-0.3, -0.25) is 4.57 Å². The first kappa shape index (κ1) is 17.6. The normalized spacial score (nSPS) is 22.8. The minimum absolute atomic E-state index is 0.220. The number of rotatable bonds is 5. The molecule has 3 heterocycles. The highest BCUT2D eigenvalue weighted by Crippen LogP contribution is 2.31. The van der Waals surface area contributed by atoms with Gasteiger partial charge < -0.3 is 20.3 Å². The van der Waals surface area contributed by atoms with Crippen molar-refractivity contribution in [3.05, 3.63) is 46.1 Å². The summed E-state index contributed by atoms with van der Waals surface area (Å²) >= 11 is 2.28. The van der Waals surface area contributed by atoms with Crippen LogP contribution in [-0.4, -0.2) is 48.5 Å². The Labute approximate surface area is 163 Å². The molecule has 0 saturated carbocycles. The number of ether oxygens (including phenoxy) is 1. The van der Waals surface area contributed by atoms with Gasteiger partial charge in [0.15, 0.2) is 17.0 Å². The Morgan fingerprint density at radius 2 is 2.04 bits per heavy atom. The number of aliphatic hydroxyl groups is 2. The molecule has 1 aromatic carbocycles. The number of fused-ring (bicyclic) bond motifs is 1. The average Bonchev–Trinajstić information content (AvgIpc) is 3.24. The van der Waals surface area contributed by atoms with E-state index in [0.29, 0.717) is 29.9 Å². The first-order valence-corrected chi connectivity index (χ1v) is 9.34. The van der Waals surface area contributed by atoms with Crippen LogP contribution in [0.3, 0.4) is 0 Å². The zero-order chi connectivity index (χ0) is 18.1. The lowest BCUT2D eigenvalue weighted by atomic mass is 10.2. The number of hydrogen-bond acceptors (Lipinski definition) is 7. The molecule has 4 rings (SSSR count). The number of hydrogen-bond donors (Lipinski definition) is 3. The number of anilines is 1. The third-order valence-corrected chi connectivity index (χ3v) is 5.15. The number of nitrogens with one attached hydrogen (secondary N) is 1. The summed E-state index contributed by atoms with van der Waals surface area (Å²) in [4.78, 5) is 13.0. The smallest absolute Gasteiger partial charge is 0.167 e. The second-order valence-electron chi connectivity index (χ2n) is 6.14. The van der Waals surface area contributed by atoms with Gasteiger partial charge in [-0.05, 0) is 40.3 Å². The van der Waals surface area contributed by atoms with Crippen LogP contribution < -0.4 is 5.32 Å². The zero-order valence-electron chi connectivity index (χ0n) is 13.8. The molecule has 2 aromatic heterocycles. The molecule has 1 aliphatic heterocycles. The molecule has 0 aliphatic carbocycles. The third-order valence-electron chi connectivity index (χ3n) is 4.43. The number of imidazole rings is 1. The van der Waals surface area contributed by atoms with E-state index >= 15 is 0 Å². The molecule has 0 bridgehead atoms. The predicted molar refractivity (Wildman–Crippen MR) is 103 cm³/mol. The summed E-state index contributed by atoms with van der Waals surface area (Å²) in [5, 5.41) is 22.5. The fourth-order valence-electron chi connectivity index (χ4n) is 3.03. The molecule has 8 nitrogen and oxygen atoms in total. The summed E-state index contributed by atoms with van der Waals surface area (Å²) in [7, 11) is 0. The first-order chi connectivity index (χ1) is 12.7. The molecule has 136 valence electrons. The summed E-state index contributed by atoms with van der Waals surface area (Å²) in [6, 6.07) is 8.24. The van der Waals surface area contributed by atoms with E-state index in [2.05, 4.69) is 67.1 Å². The second-order valence-corrected chi connectivity index (χ2v) is 7.39. The fourth-order valence-corrected chi connectivity index (χ4v) is 3.39. The van der Waals surface area contributed by atoms with Crippen molar-refractivity contribution in [3.8, 4) is 0 Å². The Hall–Kier alpha value is -1.82. The van der Waals surface area contributed by atoms with Crippen molar-refractivity contribution in [3.63, 3.8) is 0 Å². The van der Waals surface area contributed by atoms with Crippen LogP contribution in [0.2, 0.25) is 0 Å². The van der Waals surface area contributed by atoms with Gasteiger partial charge in [0.2, 0.25) is 0 Å². The van der Waals surface area contributed by atoms with E-state index < -0.39 is 18.4 Å². The molecule has 3 aromatic rings. The topological polar surface area (TPSA) is 105 Å². The second kappa shape index (κ2) is 7.43. The van der Waals surface area contributed by atoms with Gasteiger partial charge in [0.25, 0.3) is 0 Å². The van der Waals surface area contributed by atoms with Crippen molar-refractivity contribution in [2.24, 2.45) is 0 Å². The van der Waals surface area contributed by atoms with Crippen molar-refractivity contribution in [2.45, 2.75) is 31.4 Å². The highest BCUT2D eigenvalue weighted by atomic mass is 127. The standard InChI is InChI=1S/C17H18IN5O3/c18-11-3-1-10(2-4-11)6-19-16-15-17(21-8-20-16)23(9-22-15)14-5-12(25)13(7-24)26-14/h1-4,8-9,12-14,24-25H,5-7H2,(H,19,20,21)/t12-,13+,14?/m0/s1. The van der Waals surface area contributed by atoms with E-state index in [1.165, 1.54) is 9.90 Å². The van der Waals surface area contributed by atoms with Crippen LogP contribution in [0.5, 0.6) is 0 Å². The largest absolute Gasteiger partial charge is 0.394 e. The van der Waals surface area contributed by atoms with Gasteiger partial charge in [-0.25, -0.2) is 15.0 Å². The Morgan fingerprint density at radius 3 is 2.77 bits per heavy atom. The van der Waals surface area contributed by atoms with Crippen molar-refractivity contribution < 1.29 is 14.9 Å². The van der Waals surface area contributed by atoms with Gasteiger partial charge in [0.1, 0.15) is 18.7 Å². The Balaban J connectivity index is 1.56. The molecular formula is C17H18IN5O3. The lowest BCUT2D eigenvalue weighted by Gasteiger charge is -2.13. The lowest BCUT2D eigenvalue weighted by Crippen LogP contribution is -2.24.